The minimum Gasteiger partial charge on any atom is -0.307 e. The van der Waals surface area contributed by atoms with Gasteiger partial charge in [-0.15, -0.1) is 0 Å². The lowest BCUT2D eigenvalue weighted by atomic mass is 10.0. The van der Waals surface area contributed by atoms with E-state index in [9.17, 15) is 9.59 Å². The SMILES string of the molecule is O=C(Nc1cc(=O)n(-c2c(Cl)cc(Cl)cc2Cl)[nH]1)c1c2ccccc2nc2ccccc12. The smallest absolute Gasteiger partial charge is 0.273 e. The number of hydrogen-bond acceptors (Lipinski definition) is 3. The summed E-state index contributed by atoms with van der Waals surface area (Å²) in [7, 11) is 0. The summed E-state index contributed by atoms with van der Waals surface area (Å²) in [4.78, 5) is 30.6. The standard InChI is InChI=1S/C23H13Cl3N4O2/c24-12-9-15(25)22(16(26)10-12)30-20(31)11-19(29-30)28-23(32)21-13-5-1-3-7-17(13)27-18-8-4-2-6-14(18)21/h1-11,29H,(H,28,32). The summed E-state index contributed by atoms with van der Waals surface area (Å²) in [5, 5.41) is 7.74. The molecule has 9 heteroatoms. The van der Waals surface area contributed by atoms with Gasteiger partial charge in [0.15, 0.2) is 0 Å². The van der Waals surface area contributed by atoms with Crippen LogP contribution in [-0.4, -0.2) is 20.7 Å². The number of carbonyl (C=O) groups is 1. The molecule has 0 bridgehead atoms. The predicted molar refractivity (Wildman–Crippen MR) is 129 cm³/mol. The van der Waals surface area contributed by atoms with E-state index in [-0.39, 0.29) is 27.5 Å². The molecule has 2 heterocycles. The van der Waals surface area contributed by atoms with Crippen LogP contribution < -0.4 is 10.9 Å². The molecule has 0 spiro atoms. The Balaban J connectivity index is 1.60. The van der Waals surface area contributed by atoms with Gasteiger partial charge in [0, 0.05) is 21.9 Å². The Bertz CT molecular complexity index is 1510. The van der Waals surface area contributed by atoms with Crippen LogP contribution in [-0.2, 0) is 0 Å². The van der Waals surface area contributed by atoms with E-state index >= 15 is 0 Å². The number of para-hydroxylation sites is 2. The van der Waals surface area contributed by atoms with E-state index < -0.39 is 5.56 Å². The lowest BCUT2D eigenvalue weighted by Crippen LogP contribution is -2.15. The van der Waals surface area contributed by atoms with Crippen LogP contribution in [0, 0.1) is 0 Å². The summed E-state index contributed by atoms with van der Waals surface area (Å²) in [5.41, 5.74) is 1.64. The Hall–Kier alpha value is -3.32. The van der Waals surface area contributed by atoms with Crippen LogP contribution in [0.2, 0.25) is 15.1 Å². The number of hydrogen-bond donors (Lipinski definition) is 2. The highest BCUT2D eigenvalue weighted by molar-refractivity contribution is 6.40. The topological polar surface area (TPSA) is 79.8 Å². The zero-order chi connectivity index (χ0) is 22.4. The van der Waals surface area contributed by atoms with Crippen molar-refractivity contribution in [2.24, 2.45) is 0 Å². The number of carbonyl (C=O) groups excluding carboxylic acids is 1. The molecule has 0 saturated heterocycles. The van der Waals surface area contributed by atoms with Crippen molar-refractivity contribution in [1.29, 1.82) is 0 Å². The zero-order valence-corrected chi connectivity index (χ0v) is 18.5. The van der Waals surface area contributed by atoms with E-state index in [1.807, 2.05) is 48.5 Å². The van der Waals surface area contributed by atoms with E-state index in [1.54, 1.807) is 0 Å². The van der Waals surface area contributed by atoms with Crippen molar-refractivity contribution in [3.05, 3.63) is 97.7 Å². The molecule has 2 N–H and O–H groups in total. The quantitative estimate of drug-likeness (QED) is 0.305. The van der Waals surface area contributed by atoms with Crippen molar-refractivity contribution in [3.63, 3.8) is 0 Å². The van der Waals surface area contributed by atoms with Gasteiger partial charge in [-0.1, -0.05) is 71.2 Å². The Labute approximate surface area is 196 Å². The molecule has 6 nitrogen and oxygen atoms in total. The maximum Gasteiger partial charge on any atom is 0.273 e. The maximum absolute atomic E-state index is 13.3. The monoisotopic (exact) mass is 482 g/mol. The largest absolute Gasteiger partial charge is 0.307 e. The number of amides is 1. The van der Waals surface area contributed by atoms with Crippen molar-refractivity contribution < 1.29 is 4.79 Å². The molecular weight excluding hydrogens is 471 g/mol. The average Bonchev–Trinajstić information content (AvgIpc) is 3.10. The molecule has 0 saturated carbocycles. The van der Waals surface area contributed by atoms with Crippen LogP contribution in [0.1, 0.15) is 10.4 Å². The molecule has 0 aliphatic rings. The zero-order valence-electron chi connectivity index (χ0n) is 16.2. The van der Waals surface area contributed by atoms with Crippen molar-refractivity contribution >= 4 is 68.3 Å². The minimum atomic E-state index is -0.448. The summed E-state index contributed by atoms with van der Waals surface area (Å²) < 4.78 is 1.15. The van der Waals surface area contributed by atoms with Gasteiger partial charge in [-0.3, -0.25) is 14.7 Å². The molecule has 5 rings (SSSR count). The number of aromatic amines is 1. The predicted octanol–water partition coefficient (Wildman–Crippen LogP) is 6.08. The fraction of sp³-hybridized carbons (Fsp3) is 0. The first-order chi connectivity index (χ1) is 15.4. The van der Waals surface area contributed by atoms with Gasteiger partial charge in [-0.25, -0.2) is 9.67 Å². The van der Waals surface area contributed by atoms with E-state index in [0.29, 0.717) is 32.4 Å². The van der Waals surface area contributed by atoms with Crippen LogP contribution in [0.15, 0.2) is 71.5 Å². The third-order valence-electron chi connectivity index (χ3n) is 4.99. The molecule has 0 atom stereocenters. The number of benzene rings is 3. The third-order valence-corrected chi connectivity index (χ3v) is 5.78. The van der Waals surface area contributed by atoms with Gasteiger partial charge in [0.1, 0.15) is 11.5 Å². The fourth-order valence-corrected chi connectivity index (χ4v) is 4.63. The molecule has 0 aliphatic heterocycles. The summed E-state index contributed by atoms with van der Waals surface area (Å²) in [6.45, 7) is 0. The second kappa shape index (κ2) is 7.98. The summed E-state index contributed by atoms with van der Waals surface area (Å²) in [6.07, 6.45) is 0. The molecule has 0 unspecified atom stereocenters. The normalized spacial score (nSPS) is 11.2. The number of nitrogens with zero attached hydrogens (tertiary/aromatic N) is 2. The lowest BCUT2D eigenvalue weighted by molar-refractivity contribution is 0.102. The van der Waals surface area contributed by atoms with E-state index in [1.165, 1.54) is 18.2 Å². The number of nitrogens with one attached hydrogen (secondary N) is 2. The Morgan fingerprint density at radius 2 is 1.44 bits per heavy atom. The van der Waals surface area contributed by atoms with Crippen molar-refractivity contribution in [1.82, 2.24) is 14.8 Å². The molecule has 5 aromatic rings. The molecule has 158 valence electrons. The first-order valence-corrected chi connectivity index (χ1v) is 10.6. The average molecular weight is 484 g/mol. The molecule has 0 aliphatic carbocycles. The van der Waals surface area contributed by atoms with Crippen molar-refractivity contribution in [3.8, 4) is 5.69 Å². The number of fused-ring (bicyclic) bond motifs is 2. The Morgan fingerprint density at radius 3 is 2.03 bits per heavy atom. The highest BCUT2D eigenvalue weighted by atomic mass is 35.5. The molecule has 3 aromatic carbocycles. The van der Waals surface area contributed by atoms with Crippen LogP contribution in [0.3, 0.4) is 0 Å². The highest BCUT2D eigenvalue weighted by Crippen LogP contribution is 2.31. The second-order valence-electron chi connectivity index (χ2n) is 7.04. The number of pyridine rings is 1. The van der Waals surface area contributed by atoms with Crippen LogP contribution in [0.4, 0.5) is 5.82 Å². The van der Waals surface area contributed by atoms with E-state index in [0.717, 1.165) is 4.68 Å². The number of rotatable bonds is 3. The number of anilines is 1. The van der Waals surface area contributed by atoms with Gasteiger partial charge < -0.3 is 5.32 Å². The van der Waals surface area contributed by atoms with Gasteiger partial charge >= 0.3 is 0 Å². The molecule has 0 radical (unpaired) electrons. The lowest BCUT2D eigenvalue weighted by Gasteiger charge is -2.11. The Kier molecular flexibility index (Phi) is 5.13. The van der Waals surface area contributed by atoms with Crippen molar-refractivity contribution in [2.75, 3.05) is 5.32 Å². The van der Waals surface area contributed by atoms with Gasteiger partial charge in [-0.05, 0) is 24.3 Å². The number of aromatic nitrogens is 3. The van der Waals surface area contributed by atoms with E-state index in [4.69, 9.17) is 34.8 Å². The van der Waals surface area contributed by atoms with Crippen LogP contribution >= 0.6 is 34.8 Å². The molecule has 0 fully saturated rings. The molecule has 2 aromatic heterocycles. The van der Waals surface area contributed by atoms with Gasteiger partial charge in [0.2, 0.25) is 0 Å². The van der Waals surface area contributed by atoms with Gasteiger partial charge in [0.05, 0.1) is 26.6 Å². The van der Waals surface area contributed by atoms with Gasteiger partial charge in [-0.2, -0.15) is 0 Å². The first kappa shape index (κ1) is 20.6. The number of halogens is 3. The van der Waals surface area contributed by atoms with E-state index in [2.05, 4.69) is 15.4 Å². The molecule has 1 amide bonds. The summed E-state index contributed by atoms with van der Waals surface area (Å²) in [5.74, 6) is -0.200. The van der Waals surface area contributed by atoms with Gasteiger partial charge in [0.25, 0.3) is 11.5 Å². The second-order valence-corrected chi connectivity index (χ2v) is 8.29. The maximum atomic E-state index is 13.3. The summed E-state index contributed by atoms with van der Waals surface area (Å²) in [6, 6.07) is 19.0. The Morgan fingerprint density at radius 1 is 0.875 bits per heavy atom. The van der Waals surface area contributed by atoms with Crippen molar-refractivity contribution in [2.45, 2.75) is 0 Å². The fourth-order valence-electron chi connectivity index (χ4n) is 3.64. The first-order valence-electron chi connectivity index (χ1n) is 9.48. The molecule has 32 heavy (non-hydrogen) atoms. The minimum absolute atomic E-state index is 0.187. The number of H-pyrrole nitrogens is 1. The third kappa shape index (κ3) is 3.52. The molecular formula is C23H13Cl3N4O2. The van der Waals surface area contributed by atoms with Crippen LogP contribution in [0.25, 0.3) is 27.5 Å². The highest BCUT2D eigenvalue weighted by Gasteiger charge is 2.19. The van der Waals surface area contributed by atoms with Crippen LogP contribution in [0.5, 0.6) is 0 Å². The summed E-state index contributed by atoms with van der Waals surface area (Å²) >= 11 is 18.4.